The van der Waals surface area contributed by atoms with Crippen LogP contribution in [0.3, 0.4) is 0 Å². The average molecular weight is 399 g/mol. The fourth-order valence-corrected chi connectivity index (χ4v) is 2.71. The van der Waals surface area contributed by atoms with Crippen LogP contribution in [0.1, 0.15) is 15.9 Å². The molecule has 0 unspecified atom stereocenters. The first-order valence-corrected chi connectivity index (χ1v) is 9.14. The topological polar surface area (TPSA) is 44.7 Å². The van der Waals surface area contributed by atoms with Gasteiger partial charge in [-0.3, -0.25) is 4.79 Å². The number of rotatable bonds is 8. The number of carbonyl (C=O) groups is 1. The molecular formula is C18H18Cl3N3O. The second-order valence-corrected chi connectivity index (χ2v) is 6.35. The Kier molecular flexibility index (Phi) is 8.06. The van der Waals surface area contributed by atoms with Crippen LogP contribution in [0.25, 0.3) is 0 Å². The van der Waals surface area contributed by atoms with Gasteiger partial charge in [0.1, 0.15) is 0 Å². The lowest BCUT2D eigenvalue weighted by atomic mass is 10.2. The number of benzene rings is 2. The predicted octanol–water partition coefficient (Wildman–Crippen LogP) is 4.39. The van der Waals surface area contributed by atoms with Crippen molar-refractivity contribution in [3.05, 3.63) is 64.7 Å². The highest BCUT2D eigenvalue weighted by Crippen LogP contribution is 2.15. The third-order valence-corrected chi connectivity index (χ3v) is 4.04. The highest BCUT2D eigenvalue weighted by Gasteiger charge is 2.08. The summed E-state index contributed by atoms with van der Waals surface area (Å²) in [4.78, 5) is 14.2. The van der Waals surface area contributed by atoms with Crippen molar-refractivity contribution in [2.45, 2.75) is 0 Å². The first-order valence-electron chi connectivity index (χ1n) is 7.70. The Hall–Kier alpha value is -1.75. The third-order valence-electron chi connectivity index (χ3n) is 3.45. The van der Waals surface area contributed by atoms with Gasteiger partial charge < -0.3 is 4.90 Å². The largest absolute Gasteiger partial charge is 0.369 e. The fraction of sp³-hybridized carbons (Fsp3) is 0.222. The van der Waals surface area contributed by atoms with Crippen LogP contribution in [0.4, 0.5) is 5.69 Å². The monoisotopic (exact) mass is 397 g/mol. The molecular weight excluding hydrogens is 381 g/mol. The van der Waals surface area contributed by atoms with Crippen molar-refractivity contribution in [2.75, 3.05) is 29.7 Å². The number of anilines is 1. The number of carbonyl (C=O) groups excluding carboxylic acids is 1. The Morgan fingerprint density at radius 3 is 2.16 bits per heavy atom. The SMILES string of the molecule is O=C(N/N=C\c1ccc(Cl)cc1)c1ccc(N(CCCl)CCCl)cc1. The number of halogens is 3. The van der Waals surface area contributed by atoms with Crippen molar-refractivity contribution in [1.82, 2.24) is 5.43 Å². The first kappa shape index (κ1) is 19.6. The lowest BCUT2D eigenvalue weighted by Crippen LogP contribution is -2.27. The molecule has 0 atom stereocenters. The summed E-state index contributed by atoms with van der Waals surface area (Å²) in [5.41, 5.74) is 4.84. The fourth-order valence-electron chi connectivity index (χ4n) is 2.18. The van der Waals surface area contributed by atoms with Crippen molar-refractivity contribution in [2.24, 2.45) is 5.10 Å². The smallest absolute Gasteiger partial charge is 0.271 e. The number of hydrogen-bond donors (Lipinski definition) is 1. The molecule has 4 nitrogen and oxygen atoms in total. The molecule has 0 aromatic heterocycles. The van der Waals surface area contributed by atoms with Gasteiger partial charge in [0.2, 0.25) is 0 Å². The van der Waals surface area contributed by atoms with Crippen molar-refractivity contribution < 1.29 is 4.79 Å². The molecule has 7 heteroatoms. The second kappa shape index (κ2) is 10.3. The van der Waals surface area contributed by atoms with E-state index in [-0.39, 0.29) is 5.91 Å². The van der Waals surface area contributed by atoms with Gasteiger partial charge in [-0.1, -0.05) is 23.7 Å². The molecule has 1 amide bonds. The van der Waals surface area contributed by atoms with Gasteiger partial charge >= 0.3 is 0 Å². The van der Waals surface area contributed by atoms with Gasteiger partial charge in [-0.05, 0) is 42.0 Å². The van der Waals surface area contributed by atoms with Crippen LogP contribution >= 0.6 is 34.8 Å². The van der Waals surface area contributed by atoms with E-state index in [1.165, 1.54) is 0 Å². The summed E-state index contributed by atoms with van der Waals surface area (Å²) in [6, 6.07) is 14.4. The highest BCUT2D eigenvalue weighted by molar-refractivity contribution is 6.30. The van der Waals surface area contributed by atoms with E-state index in [0.717, 1.165) is 11.3 Å². The summed E-state index contributed by atoms with van der Waals surface area (Å²) < 4.78 is 0. The van der Waals surface area contributed by atoms with E-state index in [4.69, 9.17) is 34.8 Å². The van der Waals surface area contributed by atoms with E-state index >= 15 is 0 Å². The quantitative estimate of drug-likeness (QED) is 0.407. The number of amides is 1. The maximum atomic E-state index is 12.1. The normalized spacial score (nSPS) is 10.8. The van der Waals surface area contributed by atoms with Crippen molar-refractivity contribution in [1.29, 1.82) is 0 Å². The van der Waals surface area contributed by atoms with Crippen LogP contribution in [0.2, 0.25) is 5.02 Å². The Morgan fingerprint density at radius 1 is 1.00 bits per heavy atom. The average Bonchev–Trinajstić information content (AvgIpc) is 2.63. The maximum absolute atomic E-state index is 12.1. The molecule has 0 saturated heterocycles. The molecule has 2 aromatic rings. The highest BCUT2D eigenvalue weighted by atomic mass is 35.5. The predicted molar refractivity (Wildman–Crippen MR) is 107 cm³/mol. The van der Waals surface area contributed by atoms with E-state index in [0.29, 0.717) is 35.4 Å². The molecule has 0 bridgehead atoms. The standard InChI is InChI=1S/C18H18Cl3N3O/c19-9-11-24(12-10-20)17-7-3-15(4-8-17)18(25)23-22-13-14-1-5-16(21)6-2-14/h1-8,13H,9-12H2,(H,23,25)/b22-13-. The van der Waals surface area contributed by atoms with Crippen LogP contribution in [0.15, 0.2) is 53.6 Å². The Labute approximate surface area is 162 Å². The molecule has 0 fully saturated rings. The molecule has 0 spiro atoms. The minimum absolute atomic E-state index is 0.280. The summed E-state index contributed by atoms with van der Waals surface area (Å²) in [6.07, 6.45) is 1.56. The van der Waals surface area contributed by atoms with Gasteiger partial charge in [0.05, 0.1) is 6.21 Å². The Bertz CT molecular complexity index is 697. The van der Waals surface area contributed by atoms with E-state index in [2.05, 4.69) is 15.4 Å². The lowest BCUT2D eigenvalue weighted by molar-refractivity contribution is 0.0955. The van der Waals surface area contributed by atoms with Gasteiger partial charge in [0.25, 0.3) is 5.91 Å². The number of alkyl halides is 2. The van der Waals surface area contributed by atoms with Crippen LogP contribution in [-0.2, 0) is 0 Å². The minimum atomic E-state index is -0.280. The molecule has 25 heavy (non-hydrogen) atoms. The minimum Gasteiger partial charge on any atom is -0.369 e. The zero-order valence-electron chi connectivity index (χ0n) is 13.5. The molecule has 1 N–H and O–H groups in total. The second-order valence-electron chi connectivity index (χ2n) is 5.16. The van der Waals surface area contributed by atoms with Gasteiger partial charge in [-0.15, -0.1) is 23.2 Å². The summed E-state index contributed by atoms with van der Waals surface area (Å²) >= 11 is 17.4. The number of nitrogens with zero attached hydrogens (tertiary/aromatic N) is 2. The zero-order valence-corrected chi connectivity index (χ0v) is 15.7. The summed E-state index contributed by atoms with van der Waals surface area (Å²) in [5, 5.41) is 4.60. The molecule has 0 radical (unpaired) electrons. The summed E-state index contributed by atoms with van der Waals surface area (Å²) in [6.45, 7) is 1.40. The Morgan fingerprint density at radius 2 is 1.60 bits per heavy atom. The molecule has 0 aliphatic rings. The number of hydrazone groups is 1. The zero-order chi connectivity index (χ0) is 18.1. The molecule has 132 valence electrons. The van der Waals surface area contributed by atoms with Gasteiger partial charge in [-0.25, -0.2) is 5.43 Å². The third kappa shape index (κ3) is 6.24. The van der Waals surface area contributed by atoms with E-state index in [1.54, 1.807) is 30.5 Å². The maximum Gasteiger partial charge on any atom is 0.271 e. The van der Waals surface area contributed by atoms with Crippen LogP contribution in [0.5, 0.6) is 0 Å². The molecule has 0 aliphatic carbocycles. The van der Waals surface area contributed by atoms with Crippen molar-refractivity contribution in [3.63, 3.8) is 0 Å². The van der Waals surface area contributed by atoms with E-state index in [1.807, 2.05) is 24.3 Å². The summed E-state index contributed by atoms with van der Waals surface area (Å²) in [5.74, 6) is 0.745. The van der Waals surface area contributed by atoms with Crippen molar-refractivity contribution in [3.8, 4) is 0 Å². The van der Waals surface area contributed by atoms with Crippen LogP contribution in [0, 0.1) is 0 Å². The van der Waals surface area contributed by atoms with Gasteiger partial charge in [0.15, 0.2) is 0 Å². The molecule has 0 aliphatic heterocycles. The van der Waals surface area contributed by atoms with E-state index < -0.39 is 0 Å². The van der Waals surface area contributed by atoms with Crippen LogP contribution in [-0.4, -0.2) is 37.0 Å². The number of hydrogen-bond acceptors (Lipinski definition) is 3. The van der Waals surface area contributed by atoms with E-state index in [9.17, 15) is 4.79 Å². The number of nitrogens with one attached hydrogen (secondary N) is 1. The lowest BCUT2D eigenvalue weighted by Gasteiger charge is -2.22. The van der Waals surface area contributed by atoms with Gasteiger partial charge in [0, 0.05) is 41.1 Å². The van der Waals surface area contributed by atoms with Crippen molar-refractivity contribution >= 4 is 52.6 Å². The van der Waals surface area contributed by atoms with Gasteiger partial charge in [-0.2, -0.15) is 5.10 Å². The molecule has 0 saturated carbocycles. The van der Waals surface area contributed by atoms with Crippen LogP contribution < -0.4 is 10.3 Å². The molecule has 2 aromatic carbocycles. The molecule has 2 rings (SSSR count). The molecule has 0 heterocycles. The Balaban J connectivity index is 1.96. The first-order chi connectivity index (χ1) is 12.1. The summed E-state index contributed by atoms with van der Waals surface area (Å²) in [7, 11) is 0.